The molecule has 234 valence electrons. The Bertz CT molecular complexity index is 2480. The third kappa shape index (κ3) is 4.22. The first-order chi connectivity index (χ1) is 24.8. The van der Waals surface area contributed by atoms with Crippen molar-refractivity contribution in [2.75, 3.05) is 0 Å². The van der Waals surface area contributed by atoms with Crippen LogP contribution in [0.15, 0.2) is 176 Å². The normalized spacial score (nSPS) is 13.1. The number of aromatic nitrogens is 3. The molecule has 0 unspecified atom stereocenters. The van der Waals surface area contributed by atoms with E-state index in [2.05, 4.69) is 121 Å². The molecule has 2 aromatic heterocycles. The Morgan fingerprint density at radius 2 is 0.940 bits per heavy atom. The minimum Gasteiger partial charge on any atom is -0.457 e. The van der Waals surface area contributed by atoms with Crippen LogP contribution in [0, 0.1) is 0 Å². The molecule has 0 bridgehead atoms. The SMILES string of the molecule is c1ccc(-c2cc(-c3ccccc3)nc(-c3cccnc3-c3ccc4c(c3)Oc3ccccc3C43c4ccccc4-c4ccccc43)n2)cc1. The van der Waals surface area contributed by atoms with Crippen LogP contribution in [-0.4, -0.2) is 15.0 Å². The Labute approximate surface area is 290 Å². The Hall–Kier alpha value is -6.65. The number of benzene rings is 6. The Kier molecular flexibility index (Phi) is 6.36. The van der Waals surface area contributed by atoms with Crippen molar-refractivity contribution < 1.29 is 4.74 Å². The zero-order valence-corrected chi connectivity index (χ0v) is 27.0. The summed E-state index contributed by atoms with van der Waals surface area (Å²) < 4.78 is 6.80. The van der Waals surface area contributed by atoms with E-state index in [4.69, 9.17) is 19.7 Å². The van der Waals surface area contributed by atoms with Crippen LogP contribution < -0.4 is 4.74 Å². The van der Waals surface area contributed by atoms with Gasteiger partial charge < -0.3 is 4.74 Å². The van der Waals surface area contributed by atoms with Gasteiger partial charge in [-0.2, -0.15) is 0 Å². The van der Waals surface area contributed by atoms with E-state index in [0.717, 1.165) is 62.0 Å². The number of fused-ring (bicyclic) bond motifs is 9. The lowest BCUT2D eigenvalue weighted by Crippen LogP contribution is -2.32. The van der Waals surface area contributed by atoms with E-state index in [0.29, 0.717) is 5.82 Å². The van der Waals surface area contributed by atoms with Crippen molar-refractivity contribution in [3.8, 4) is 67.8 Å². The smallest absolute Gasteiger partial charge is 0.162 e. The van der Waals surface area contributed by atoms with E-state index in [1.54, 1.807) is 0 Å². The van der Waals surface area contributed by atoms with Crippen LogP contribution in [0.4, 0.5) is 0 Å². The van der Waals surface area contributed by atoms with Gasteiger partial charge in [0.05, 0.1) is 22.5 Å². The van der Waals surface area contributed by atoms with Gasteiger partial charge in [-0.25, -0.2) is 9.97 Å². The van der Waals surface area contributed by atoms with E-state index in [1.165, 1.54) is 22.3 Å². The van der Waals surface area contributed by atoms with Crippen molar-refractivity contribution in [1.82, 2.24) is 15.0 Å². The second kappa shape index (κ2) is 11.2. The lowest BCUT2D eigenvalue weighted by Gasteiger charge is -2.39. The van der Waals surface area contributed by atoms with Crippen molar-refractivity contribution in [2.24, 2.45) is 0 Å². The molecule has 0 saturated heterocycles. The molecule has 0 atom stereocenters. The molecule has 8 aromatic rings. The molecule has 0 radical (unpaired) electrons. The van der Waals surface area contributed by atoms with E-state index in [-0.39, 0.29) is 0 Å². The summed E-state index contributed by atoms with van der Waals surface area (Å²) in [5.74, 6) is 2.29. The highest BCUT2D eigenvalue weighted by atomic mass is 16.5. The summed E-state index contributed by atoms with van der Waals surface area (Å²) in [6.45, 7) is 0. The van der Waals surface area contributed by atoms with Crippen LogP contribution in [0.1, 0.15) is 22.3 Å². The summed E-state index contributed by atoms with van der Waals surface area (Å²) in [5, 5.41) is 0. The fourth-order valence-corrected chi connectivity index (χ4v) is 7.91. The average Bonchev–Trinajstić information content (AvgIpc) is 3.49. The maximum Gasteiger partial charge on any atom is 0.162 e. The quantitative estimate of drug-likeness (QED) is 0.192. The summed E-state index contributed by atoms with van der Waals surface area (Å²) in [7, 11) is 0. The zero-order valence-electron chi connectivity index (χ0n) is 27.0. The van der Waals surface area contributed by atoms with Crippen LogP contribution in [0.25, 0.3) is 56.3 Å². The molecule has 0 amide bonds. The molecular weight excluding hydrogens is 611 g/mol. The second-order valence-electron chi connectivity index (χ2n) is 12.7. The van der Waals surface area contributed by atoms with Crippen LogP contribution >= 0.6 is 0 Å². The predicted molar refractivity (Wildman–Crippen MR) is 199 cm³/mol. The second-order valence-corrected chi connectivity index (χ2v) is 12.7. The van der Waals surface area contributed by atoms with Gasteiger partial charge in [0.15, 0.2) is 5.82 Å². The van der Waals surface area contributed by atoms with Crippen LogP contribution in [0.5, 0.6) is 11.5 Å². The molecule has 0 N–H and O–H groups in total. The van der Waals surface area contributed by atoms with E-state index < -0.39 is 5.41 Å². The van der Waals surface area contributed by atoms with Gasteiger partial charge in [-0.05, 0) is 52.6 Å². The van der Waals surface area contributed by atoms with Gasteiger partial charge in [-0.15, -0.1) is 0 Å². The summed E-state index contributed by atoms with van der Waals surface area (Å²) in [6, 6.07) is 59.1. The number of rotatable bonds is 4. The van der Waals surface area contributed by atoms with E-state index in [9.17, 15) is 0 Å². The van der Waals surface area contributed by atoms with Crippen LogP contribution in [0.2, 0.25) is 0 Å². The third-order valence-corrected chi connectivity index (χ3v) is 10.0. The molecule has 4 nitrogen and oxygen atoms in total. The maximum absolute atomic E-state index is 6.80. The molecular formula is C46H29N3O. The topological polar surface area (TPSA) is 47.9 Å². The van der Waals surface area contributed by atoms with Crippen molar-refractivity contribution >= 4 is 0 Å². The number of pyridine rings is 1. The molecule has 0 saturated carbocycles. The average molecular weight is 640 g/mol. The highest BCUT2D eigenvalue weighted by molar-refractivity contribution is 5.89. The minimum atomic E-state index is -0.513. The molecule has 1 aliphatic carbocycles. The van der Waals surface area contributed by atoms with Gasteiger partial charge in [-0.1, -0.05) is 140 Å². The molecule has 0 fully saturated rings. The summed E-state index contributed by atoms with van der Waals surface area (Å²) >= 11 is 0. The Morgan fingerprint density at radius 3 is 1.60 bits per heavy atom. The lowest BCUT2D eigenvalue weighted by molar-refractivity contribution is 0.436. The Morgan fingerprint density at radius 1 is 0.400 bits per heavy atom. The van der Waals surface area contributed by atoms with Crippen LogP contribution in [-0.2, 0) is 5.41 Å². The fourth-order valence-electron chi connectivity index (χ4n) is 7.91. The van der Waals surface area contributed by atoms with E-state index >= 15 is 0 Å². The summed E-state index contributed by atoms with van der Waals surface area (Å²) in [4.78, 5) is 15.2. The number of ether oxygens (including phenoxy) is 1. The summed E-state index contributed by atoms with van der Waals surface area (Å²) in [6.07, 6.45) is 1.83. The lowest BCUT2D eigenvalue weighted by atomic mass is 9.66. The standard InChI is InChI=1S/C46H29N3O/c1-3-14-30(15-4-1)40-29-41(31-16-5-2-6-17-31)49-45(48-40)35-20-13-27-47-44(35)32-25-26-39-43(28-32)50-42-24-12-11-23-38(42)46(39)36-21-9-7-18-33(36)34-19-8-10-22-37(34)46/h1-29H. The monoisotopic (exact) mass is 639 g/mol. The van der Waals surface area contributed by atoms with Crippen molar-refractivity contribution in [3.05, 3.63) is 198 Å². The molecule has 1 aliphatic heterocycles. The number of nitrogens with zero attached hydrogens (tertiary/aromatic N) is 3. The van der Waals surface area contributed by atoms with Crippen LogP contribution in [0.3, 0.4) is 0 Å². The Balaban J connectivity index is 1.18. The van der Waals surface area contributed by atoms with Gasteiger partial charge in [0.2, 0.25) is 0 Å². The van der Waals surface area contributed by atoms with Gasteiger partial charge in [0.25, 0.3) is 0 Å². The number of hydrogen-bond donors (Lipinski definition) is 0. The molecule has 3 heterocycles. The van der Waals surface area contributed by atoms with Gasteiger partial charge in [0, 0.05) is 39.6 Å². The fraction of sp³-hybridized carbons (Fsp3) is 0.0217. The predicted octanol–water partition coefficient (Wildman–Crippen LogP) is 11.0. The maximum atomic E-state index is 6.80. The van der Waals surface area contributed by atoms with Gasteiger partial charge in [0.1, 0.15) is 11.5 Å². The number of para-hydroxylation sites is 1. The minimum absolute atomic E-state index is 0.513. The van der Waals surface area contributed by atoms with Crippen molar-refractivity contribution in [1.29, 1.82) is 0 Å². The first kappa shape index (κ1) is 28.4. The molecule has 6 aromatic carbocycles. The number of hydrogen-bond acceptors (Lipinski definition) is 4. The largest absolute Gasteiger partial charge is 0.457 e. The third-order valence-electron chi connectivity index (χ3n) is 10.0. The molecule has 4 heteroatoms. The molecule has 50 heavy (non-hydrogen) atoms. The van der Waals surface area contributed by atoms with Gasteiger partial charge in [-0.3, -0.25) is 4.98 Å². The highest BCUT2D eigenvalue weighted by Gasteiger charge is 2.50. The van der Waals surface area contributed by atoms with Crippen molar-refractivity contribution in [2.45, 2.75) is 5.41 Å². The first-order valence-corrected chi connectivity index (χ1v) is 16.9. The van der Waals surface area contributed by atoms with E-state index in [1.807, 2.05) is 54.7 Å². The zero-order chi connectivity index (χ0) is 33.1. The first-order valence-electron chi connectivity index (χ1n) is 16.9. The molecule has 10 rings (SSSR count). The highest BCUT2D eigenvalue weighted by Crippen LogP contribution is 2.62. The van der Waals surface area contributed by atoms with Crippen molar-refractivity contribution in [3.63, 3.8) is 0 Å². The van der Waals surface area contributed by atoms with Gasteiger partial charge >= 0.3 is 0 Å². The molecule has 1 spiro atoms. The molecule has 2 aliphatic rings. The summed E-state index contributed by atoms with van der Waals surface area (Å²) in [5.41, 5.74) is 13.1.